The van der Waals surface area contributed by atoms with Gasteiger partial charge in [0.25, 0.3) is 5.91 Å². The van der Waals surface area contributed by atoms with Crippen molar-refractivity contribution in [3.05, 3.63) is 47.4 Å². The van der Waals surface area contributed by atoms with E-state index in [1.807, 2.05) is 0 Å². The number of rotatable bonds is 5. The second-order valence-corrected chi connectivity index (χ2v) is 7.38. The number of aromatic nitrogens is 3. The number of anilines is 2. The normalized spacial score (nSPS) is 12.3. The highest BCUT2D eigenvalue weighted by molar-refractivity contribution is 7.99. The molecule has 1 amide bonds. The molecule has 3 aromatic rings. The molecule has 0 atom stereocenters. The van der Waals surface area contributed by atoms with Crippen LogP contribution in [0.2, 0.25) is 0 Å². The minimum Gasteiger partial charge on any atom is -0.371 e. The summed E-state index contributed by atoms with van der Waals surface area (Å²) in [7, 11) is 1.33. The van der Waals surface area contributed by atoms with Gasteiger partial charge >= 0.3 is 12.4 Å². The van der Waals surface area contributed by atoms with Crippen LogP contribution in [0, 0.1) is 0 Å². The molecular formula is C18H15F6N5OS. The van der Waals surface area contributed by atoms with Crippen molar-refractivity contribution >= 4 is 34.8 Å². The van der Waals surface area contributed by atoms with Gasteiger partial charge in [-0.25, -0.2) is 9.97 Å². The average molecular weight is 463 g/mol. The van der Waals surface area contributed by atoms with Crippen LogP contribution < -0.4 is 10.6 Å². The number of carbonyl (C=O) groups is 1. The van der Waals surface area contributed by atoms with Crippen molar-refractivity contribution in [3.63, 3.8) is 0 Å². The molecule has 31 heavy (non-hydrogen) atoms. The molecule has 0 spiro atoms. The third-order valence-corrected chi connectivity index (χ3v) is 5.09. The summed E-state index contributed by atoms with van der Waals surface area (Å²) in [5.74, 6) is -0.795. The topological polar surface area (TPSA) is 71.3 Å². The van der Waals surface area contributed by atoms with E-state index in [1.54, 1.807) is 6.92 Å². The maximum Gasteiger partial charge on any atom is 0.418 e. The number of nitrogens with zero attached hydrogens (tertiary/aromatic N) is 3. The summed E-state index contributed by atoms with van der Waals surface area (Å²) in [6.45, 7) is 1.75. The van der Waals surface area contributed by atoms with Crippen LogP contribution in [0.5, 0.6) is 0 Å². The fourth-order valence-corrected chi connectivity index (χ4v) is 3.65. The number of amides is 1. The van der Waals surface area contributed by atoms with Crippen LogP contribution in [0.3, 0.4) is 0 Å². The number of carbonyl (C=O) groups excluding carboxylic acids is 1. The van der Waals surface area contributed by atoms with Gasteiger partial charge in [0.1, 0.15) is 16.5 Å². The summed E-state index contributed by atoms with van der Waals surface area (Å²) in [6.07, 6.45) is -7.34. The summed E-state index contributed by atoms with van der Waals surface area (Å²) in [4.78, 5) is 20.6. The molecule has 166 valence electrons. The molecule has 13 heteroatoms. The van der Waals surface area contributed by atoms with Gasteiger partial charge in [-0.15, -0.1) is 11.8 Å². The van der Waals surface area contributed by atoms with Crippen molar-refractivity contribution in [1.29, 1.82) is 0 Å². The van der Waals surface area contributed by atoms with Crippen LogP contribution in [-0.4, -0.2) is 33.1 Å². The Hall–Kier alpha value is -2.96. The van der Waals surface area contributed by atoms with Crippen molar-refractivity contribution in [2.24, 2.45) is 0 Å². The lowest BCUT2D eigenvalue weighted by atomic mass is 10.2. The molecule has 0 bridgehead atoms. The molecule has 3 heterocycles. The minimum atomic E-state index is -4.78. The van der Waals surface area contributed by atoms with E-state index < -0.39 is 35.1 Å². The van der Waals surface area contributed by atoms with E-state index in [4.69, 9.17) is 0 Å². The minimum absolute atomic E-state index is 0.160. The second-order valence-electron chi connectivity index (χ2n) is 6.12. The smallest absolute Gasteiger partial charge is 0.371 e. The van der Waals surface area contributed by atoms with Crippen LogP contribution >= 0.6 is 11.8 Å². The Labute approximate surface area is 176 Å². The number of fused-ring (bicyclic) bond motifs is 1. The summed E-state index contributed by atoms with van der Waals surface area (Å²) in [6, 6.07) is 2.30. The number of halogens is 6. The number of hydrogen-bond acceptors (Lipinski definition) is 5. The molecular weight excluding hydrogens is 448 g/mol. The van der Waals surface area contributed by atoms with Gasteiger partial charge in [0.05, 0.1) is 16.8 Å². The summed E-state index contributed by atoms with van der Waals surface area (Å²) >= 11 is 1.11. The highest BCUT2D eigenvalue weighted by Crippen LogP contribution is 2.38. The van der Waals surface area contributed by atoms with Gasteiger partial charge in [-0.1, -0.05) is 6.92 Å². The van der Waals surface area contributed by atoms with E-state index in [-0.39, 0.29) is 22.2 Å². The third kappa shape index (κ3) is 4.55. The SMILES string of the molecule is CCSc1c(C(=O)Nc2c(C(F)(F)F)ccnc2NC)nc2cc(C(F)(F)F)ccn12. The van der Waals surface area contributed by atoms with Crippen LogP contribution in [0.15, 0.2) is 35.6 Å². The molecule has 0 fully saturated rings. The lowest BCUT2D eigenvalue weighted by molar-refractivity contribution is -0.138. The fraction of sp³-hybridized carbons (Fsp3) is 0.278. The Bertz CT molecular complexity index is 1130. The molecule has 0 aromatic carbocycles. The number of pyridine rings is 2. The van der Waals surface area contributed by atoms with Crippen LogP contribution in [0.1, 0.15) is 28.5 Å². The molecule has 3 aromatic heterocycles. The summed E-state index contributed by atoms with van der Waals surface area (Å²) < 4.78 is 80.5. The highest BCUT2D eigenvalue weighted by atomic mass is 32.2. The molecule has 0 aliphatic rings. The molecule has 0 unspecified atom stereocenters. The van der Waals surface area contributed by atoms with Gasteiger partial charge in [0.15, 0.2) is 5.69 Å². The Balaban J connectivity index is 2.10. The lowest BCUT2D eigenvalue weighted by Gasteiger charge is -2.16. The van der Waals surface area contributed by atoms with Crippen LogP contribution in [0.25, 0.3) is 5.65 Å². The maximum atomic E-state index is 13.4. The quantitative estimate of drug-likeness (QED) is 0.404. The van der Waals surface area contributed by atoms with Gasteiger partial charge in [-0.2, -0.15) is 26.3 Å². The average Bonchev–Trinajstić information content (AvgIpc) is 3.05. The number of hydrogen-bond donors (Lipinski definition) is 2. The van der Waals surface area contributed by atoms with Crippen molar-refractivity contribution < 1.29 is 31.1 Å². The Morgan fingerprint density at radius 1 is 1.16 bits per heavy atom. The Kier molecular flexibility index (Phi) is 6.07. The zero-order valence-electron chi connectivity index (χ0n) is 16.0. The first-order valence-electron chi connectivity index (χ1n) is 8.74. The van der Waals surface area contributed by atoms with E-state index in [0.717, 1.165) is 36.3 Å². The van der Waals surface area contributed by atoms with Gasteiger partial charge in [0.2, 0.25) is 0 Å². The van der Waals surface area contributed by atoms with Crippen LogP contribution in [0.4, 0.5) is 37.8 Å². The molecule has 3 rings (SSSR count). The lowest BCUT2D eigenvalue weighted by Crippen LogP contribution is -2.19. The molecule has 0 saturated heterocycles. The zero-order chi connectivity index (χ0) is 23.0. The van der Waals surface area contributed by atoms with E-state index in [1.165, 1.54) is 11.4 Å². The first kappa shape index (κ1) is 22.7. The summed E-state index contributed by atoms with van der Waals surface area (Å²) in [5.41, 5.74) is -3.16. The number of nitrogens with one attached hydrogen (secondary N) is 2. The second kappa shape index (κ2) is 8.29. The zero-order valence-corrected chi connectivity index (χ0v) is 16.8. The number of thioether (sulfide) groups is 1. The van der Waals surface area contributed by atoms with Gasteiger partial charge in [-0.3, -0.25) is 9.20 Å². The molecule has 0 aliphatic carbocycles. The van der Waals surface area contributed by atoms with E-state index in [2.05, 4.69) is 20.6 Å². The Morgan fingerprint density at radius 3 is 2.45 bits per heavy atom. The van der Waals surface area contributed by atoms with E-state index in [0.29, 0.717) is 11.8 Å². The summed E-state index contributed by atoms with van der Waals surface area (Å²) in [5, 5.41) is 4.84. The molecule has 0 saturated carbocycles. The van der Waals surface area contributed by atoms with Gasteiger partial charge in [-0.05, 0) is 24.0 Å². The number of alkyl halides is 6. The predicted molar refractivity (Wildman–Crippen MR) is 103 cm³/mol. The molecule has 2 N–H and O–H groups in total. The fourth-order valence-electron chi connectivity index (χ4n) is 2.81. The predicted octanol–water partition coefficient (Wildman–Crippen LogP) is 5.17. The van der Waals surface area contributed by atoms with Crippen molar-refractivity contribution in [2.75, 3.05) is 23.4 Å². The maximum absolute atomic E-state index is 13.4. The molecule has 0 aliphatic heterocycles. The highest BCUT2D eigenvalue weighted by Gasteiger charge is 2.36. The van der Waals surface area contributed by atoms with E-state index in [9.17, 15) is 31.1 Å². The first-order chi connectivity index (χ1) is 14.5. The number of imidazole rings is 1. The van der Waals surface area contributed by atoms with Crippen molar-refractivity contribution in [1.82, 2.24) is 14.4 Å². The first-order valence-corrected chi connectivity index (χ1v) is 9.73. The van der Waals surface area contributed by atoms with Crippen molar-refractivity contribution in [2.45, 2.75) is 24.3 Å². The molecule has 0 radical (unpaired) electrons. The monoisotopic (exact) mass is 463 g/mol. The van der Waals surface area contributed by atoms with Gasteiger partial charge < -0.3 is 10.6 Å². The van der Waals surface area contributed by atoms with E-state index >= 15 is 0 Å². The van der Waals surface area contributed by atoms with Gasteiger partial charge in [0, 0.05) is 19.4 Å². The Morgan fingerprint density at radius 2 is 1.87 bits per heavy atom. The van der Waals surface area contributed by atoms with Crippen LogP contribution in [-0.2, 0) is 12.4 Å². The largest absolute Gasteiger partial charge is 0.418 e. The third-order valence-electron chi connectivity index (χ3n) is 4.14. The van der Waals surface area contributed by atoms with Crippen molar-refractivity contribution in [3.8, 4) is 0 Å². The standard InChI is InChI=1S/C18H15F6N5OS/c1-3-31-16-13(27-11-8-9(17(19,20)21)5-7-29(11)16)15(30)28-12-10(18(22,23)24)4-6-26-14(12)25-2/h4-8H,3H2,1-2H3,(H,25,26)(H,28,30). The molecule has 6 nitrogen and oxygen atoms in total.